The van der Waals surface area contributed by atoms with E-state index >= 15 is 0 Å². The summed E-state index contributed by atoms with van der Waals surface area (Å²) in [6, 6.07) is 10.6. The summed E-state index contributed by atoms with van der Waals surface area (Å²) in [4.78, 5) is 59.6. The van der Waals surface area contributed by atoms with Crippen molar-refractivity contribution in [1.82, 2.24) is 34.8 Å². The first kappa shape index (κ1) is 31.1. The number of H-pyrrole nitrogens is 1. The minimum Gasteiger partial charge on any atom is -0.364 e. The highest BCUT2D eigenvalue weighted by Gasteiger charge is 2.40. The van der Waals surface area contributed by atoms with Crippen LogP contribution in [0.1, 0.15) is 39.9 Å². The third-order valence-electron chi connectivity index (χ3n) is 8.00. The number of hydrogen-bond donors (Lipinski definition) is 3. The summed E-state index contributed by atoms with van der Waals surface area (Å²) < 4.78 is 29.0. The van der Waals surface area contributed by atoms with Crippen molar-refractivity contribution in [2.75, 3.05) is 18.5 Å². The molecule has 1 aromatic carbocycles. The number of aromatic nitrogens is 6. The minimum absolute atomic E-state index is 0.0437. The zero-order valence-corrected chi connectivity index (χ0v) is 25.1. The summed E-state index contributed by atoms with van der Waals surface area (Å²) in [6.45, 7) is 0.0664. The van der Waals surface area contributed by atoms with Crippen molar-refractivity contribution in [3.8, 4) is 22.4 Å². The molecule has 0 aliphatic carbocycles. The summed E-state index contributed by atoms with van der Waals surface area (Å²) in [7, 11) is 0. The number of carbonyl (C=O) groups excluding carboxylic acids is 4. The van der Waals surface area contributed by atoms with E-state index in [1.807, 2.05) is 0 Å². The van der Waals surface area contributed by atoms with Crippen LogP contribution in [0.15, 0.2) is 61.1 Å². The number of pyridine rings is 1. The van der Waals surface area contributed by atoms with Crippen molar-refractivity contribution in [1.29, 1.82) is 0 Å². The topological polar surface area (TPSA) is 182 Å². The Labute approximate surface area is 266 Å². The quantitative estimate of drug-likeness (QED) is 0.194. The van der Waals surface area contributed by atoms with Gasteiger partial charge in [-0.3, -0.25) is 28.3 Å². The normalized spacial score (nSPS) is 16.0. The third-order valence-corrected chi connectivity index (χ3v) is 8.00. The number of likely N-dealkylation sites (tertiary alicyclic amines) is 1. The maximum absolute atomic E-state index is 14.7. The molecule has 0 spiro atoms. The molecule has 2 unspecified atom stereocenters. The van der Waals surface area contributed by atoms with Crippen LogP contribution in [-0.2, 0) is 22.6 Å². The number of carbonyl (C=O) groups is 4. The van der Waals surface area contributed by atoms with Crippen molar-refractivity contribution in [2.24, 2.45) is 5.73 Å². The number of halogens is 2. The molecule has 4 aromatic heterocycles. The summed E-state index contributed by atoms with van der Waals surface area (Å²) >= 11 is 0. The van der Waals surface area contributed by atoms with Crippen LogP contribution in [0.5, 0.6) is 0 Å². The van der Waals surface area contributed by atoms with Gasteiger partial charge in [0.25, 0.3) is 5.91 Å². The summed E-state index contributed by atoms with van der Waals surface area (Å²) in [5.74, 6) is -2.10. The lowest BCUT2D eigenvalue weighted by molar-refractivity contribution is -0.137. The third kappa shape index (κ3) is 6.32. The lowest BCUT2D eigenvalue weighted by atomic mass is 10.0. The smallest absolute Gasteiger partial charge is 0.269 e. The average Bonchev–Trinajstić information content (AvgIpc) is 3.77. The van der Waals surface area contributed by atoms with Crippen molar-refractivity contribution >= 4 is 40.2 Å². The van der Waals surface area contributed by atoms with Crippen molar-refractivity contribution in [2.45, 2.75) is 38.5 Å². The number of amides is 3. The predicted molar refractivity (Wildman–Crippen MR) is 167 cm³/mol. The molecule has 2 atom stereocenters. The SMILES string of the molecule is CC(=O)c1cc(-c2ccnc(NC(=O)C3CC(F)CN3C(=O)Cn3nc(C(N)=O)c4cc(-c5ccnnc5)ccc43)c2)[nH]c1CCF. The van der Waals surface area contributed by atoms with Gasteiger partial charge in [-0.05, 0) is 48.9 Å². The van der Waals surface area contributed by atoms with Gasteiger partial charge in [-0.25, -0.2) is 9.37 Å². The van der Waals surface area contributed by atoms with Gasteiger partial charge in [0.15, 0.2) is 11.5 Å². The first-order chi connectivity index (χ1) is 22.6. The van der Waals surface area contributed by atoms with E-state index in [1.54, 1.807) is 48.7 Å². The largest absolute Gasteiger partial charge is 0.364 e. The molecule has 4 N–H and O–H groups in total. The van der Waals surface area contributed by atoms with Crippen LogP contribution < -0.4 is 11.1 Å². The highest BCUT2D eigenvalue weighted by molar-refractivity contribution is 6.05. The number of benzene rings is 1. The Morgan fingerprint density at radius 2 is 1.85 bits per heavy atom. The Bertz CT molecular complexity index is 2010. The minimum atomic E-state index is -1.45. The van der Waals surface area contributed by atoms with E-state index in [4.69, 9.17) is 5.73 Å². The van der Waals surface area contributed by atoms with Gasteiger partial charge < -0.3 is 20.9 Å². The second kappa shape index (κ2) is 12.9. The molecule has 15 heteroatoms. The maximum Gasteiger partial charge on any atom is 0.269 e. The van der Waals surface area contributed by atoms with Crippen LogP contribution in [0.3, 0.4) is 0 Å². The summed E-state index contributed by atoms with van der Waals surface area (Å²) in [5.41, 5.74) is 9.41. The molecule has 0 bridgehead atoms. The van der Waals surface area contributed by atoms with Crippen LogP contribution in [-0.4, -0.2) is 83.8 Å². The van der Waals surface area contributed by atoms with Crippen LogP contribution in [0.25, 0.3) is 33.3 Å². The number of alkyl halides is 2. The molecule has 5 aromatic rings. The molecule has 1 fully saturated rings. The predicted octanol–water partition coefficient (Wildman–Crippen LogP) is 3.27. The van der Waals surface area contributed by atoms with Crippen LogP contribution in [0.4, 0.5) is 14.6 Å². The first-order valence-electron chi connectivity index (χ1n) is 14.7. The number of primary amides is 1. The zero-order valence-electron chi connectivity index (χ0n) is 25.1. The van der Waals surface area contributed by atoms with Gasteiger partial charge in [0.05, 0.1) is 31.1 Å². The molecule has 240 valence electrons. The van der Waals surface area contributed by atoms with E-state index in [-0.39, 0.29) is 43.2 Å². The number of aryl methyl sites for hydroxylation is 1. The zero-order chi connectivity index (χ0) is 33.2. The van der Waals surface area contributed by atoms with Crippen LogP contribution in [0.2, 0.25) is 0 Å². The number of anilines is 1. The first-order valence-corrected chi connectivity index (χ1v) is 14.7. The number of nitrogens with zero attached hydrogens (tertiary/aromatic N) is 6. The number of aromatic amines is 1. The monoisotopic (exact) mass is 641 g/mol. The second-order valence-electron chi connectivity index (χ2n) is 11.1. The van der Waals surface area contributed by atoms with Gasteiger partial charge in [-0.15, -0.1) is 0 Å². The Morgan fingerprint density at radius 1 is 1.04 bits per heavy atom. The van der Waals surface area contributed by atoms with Gasteiger partial charge in [-0.1, -0.05) is 6.07 Å². The van der Waals surface area contributed by atoms with E-state index in [2.05, 4.69) is 30.6 Å². The van der Waals surface area contributed by atoms with E-state index in [0.717, 1.165) is 16.0 Å². The van der Waals surface area contributed by atoms with Crippen molar-refractivity contribution in [3.05, 3.63) is 78.0 Å². The molecule has 1 aliphatic heterocycles. The fraction of sp³-hybridized carbons (Fsp3) is 0.250. The van der Waals surface area contributed by atoms with Gasteiger partial charge in [0.2, 0.25) is 11.8 Å². The fourth-order valence-corrected chi connectivity index (χ4v) is 5.79. The van der Waals surface area contributed by atoms with E-state index in [9.17, 15) is 28.0 Å². The van der Waals surface area contributed by atoms with E-state index < -0.39 is 36.6 Å². The highest BCUT2D eigenvalue weighted by atomic mass is 19.1. The Hall–Kier alpha value is -5.86. The summed E-state index contributed by atoms with van der Waals surface area (Å²) in [6.07, 6.45) is 2.91. The van der Waals surface area contributed by atoms with Gasteiger partial charge in [0, 0.05) is 52.5 Å². The lowest BCUT2D eigenvalue weighted by Gasteiger charge is -2.23. The molecule has 13 nitrogen and oxygen atoms in total. The Kier molecular flexibility index (Phi) is 8.52. The molecule has 6 rings (SSSR count). The molecular formula is C32H29F2N9O4. The van der Waals surface area contributed by atoms with Crippen LogP contribution >= 0.6 is 0 Å². The standard InChI is InChI=1S/C32H29F2N9O4/c1-17(44)22-13-25(39-24(22)4-7-33)19-5-8-36-28(11-19)40-32(47)27-12-21(34)15-42(27)29(45)16-43-26-3-2-18(20-6-9-37-38-14-20)10-23(26)30(41-43)31(35)46/h2-3,5-6,8-11,13-14,21,27,39H,4,7,12,15-16H2,1H3,(H2,35,46)(H,36,40,47). The maximum atomic E-state index is 14.7. The number of Topliss-reactive ketones (excluding diaryl/α,β-unsaturated/α-hetero) is 1. The molecule has 1 saturated heterocycles. The summed E-state index contributed by atoms with van der Waals surface area (Å²) in [5, 5.41) is 15.0. The van der Waals surface area contributed by atoms with Crippen molar-refractivity contribution < 1.29 is 28.0 Å². The second-order valence-corrected chi connectivity index (χ2v) is 11.1. The molecule has 5 heterocycles. The highest BCUT2D eigenvalue weighted by Crippen LogP contribution is 2.29. The Morgan fingerprint density at radius 3 is 2.57 bits per heavy atom. The van der Waals surface area contributed by atoms with Crippen molar-refractivity contribution in [3.63, 3.8) is 0 Å². The Balaban J connectivity index is 1.21. The number of nitrogens with one attached hydrogen (secondary N) is 2. The molecule has 47 heavy (non-hydrogen) atoms. The van der Waals surface area contributed by atoms with E-state index in [1.165, 1.54) is 24.0 Å². The van der Waals surface area contributed by atoms with Gasteiger partial charge in [-0.2, -0.15) is 15.3 Å². The molecule has 1 aliphatic rings. The number of nitrogens with two attached hydrogens (primary N) is 1. The lowest BCUT2D eigenvalue weighted by Crippen LogP contribution is -2.44. The molecular weight excluding hydrogens is 612 g/mol. The van der Waals surface area contributed by atoms with Gasteiger partial charge >= 0.3 is 0 Å². The average molecular weight is 642 g/mol. The number of rotatable bonds is 10. The molecule has 0 radical (unpaired) electrons. The number of hydrogen-bond acceptors (Lipinski definition) is 8. The van der Waals surface area contributed by atoms with E-state index in [0.29, 0.717) is 33.4 Å². The molecule has 0 saturated carbocycles. The molecule has 3 amide bonds. The number of fused-ring (bicyclic) bond motifs is 1. The van der Waals surface area contributed by atoms with Gasteiger partial charge in [0.1, 0.15) is 24.6 Å². The van der Waals surface area contributed by atoms with Crippen LogP contribution in [0, 0.1) is 0 Å². The number of ketones is 1. The fourth-order valence-electron chi connectivity index (χ4n) is 5.79.